The number of piperazine rings is 1. The summed E-state index contributed by atoms with van der Waals surface area (Å²) in [6, 6.07) is 7.22. The van der Waals surface area contributed by atoms with Crippen molar-refractivity contribution < 1.29 is 23.6 Å². The molecule has 0 N–H and O–H groups in total. The van der Waals surface area contributed by atoms with Gasteiger partial charge in [-0.2, -0.15) is 0 Å². The van der Waals surface area contributed by atoms with Crippen LogP contribution < -0.4 is 9.47 Å². The maximum Gasteiger partial charge on any atom is 0.292 e. The molecule has 2 heterocycles. The van der Waals surface area contributed by atoms with Crippen molar-refractivity contribution in [3.63, 3.8) is 0 Å². The topological polar surface area (TPSA) is 85.1 Å². The zero-order chi connectivity index (χ0) is 22.2. The molecule has 0 atom stereocenters. The summed E-state index contributed by atoms with van der Waals surface area (Å²) in [4.78, 5) is 28.4. The molecule has 8 nitrogen and oxygen atoms in total. The second-order valence-corrected chi connectivity index (χ2v) is 7.40. The highest BCUT2D eigenvalue weighted by atomic mass is 16.5. The Balaban J connectivity index is 1.54. The van der Waals surface area contributed by atoms with E-state index >= 15 is 0 Å². The van der Waals surface area contributed by atoms with Gasteiger partial charge >= 0.3 is 0 Å². The molecule has 8 heteroatoms. The van der Waals surface area contributed by atoms with Crippen LogP contribution in [0.2, 0.25) is 0 Å². The zero-order valence-electron chi connectivity index (χ0n) is 18.3. The summed E-state index contributed by atoms with van der Waals surface area (Å²) in [5.41, 5.74) is 1.52. The number of carbonyl (C=O) groups is 2. The number of unbranched alkanes of at least 4 members (excludes halogenated alkanes) is 1. The highest BCUT2D eigenvalue weighted by molar-refractivity contribution is 5.93. The molecule has 0 unspecified atom stereocenters. The molecule has 1 aromatic carbocycles. The number of nitrogens with zero attached hydrogens (tertiary/aromatic N) is 3. The number of aromatic nitrogens is 1. The summed E-state index contributed by atoms with van der Waals surface area (Å²) in [6.45, 7) is 6.37. The van der Waals surface area contributed by atoms with E-state index in [0.717, 1.165) is 18.4 Å². The van der Waals surface area contributed by atoms with Gasteiger partial charge in [0.25, 0.3) is 5.91 Å². The van der Waals surface area contributed by atoms with E-state index in [-0.39, 0.29) is 17.6 Å². The van der Waals surface area contributed by atoms with Gasteiger partial charge in [-0.15, -0.1) is 0 Å². The van der Waals surface area contributed by atoms with Crippen LogP contribution >= 0.6 is 0 Å². The third-order valence-electron chi connectivity index (χ3n) is 5.08. The first-order valence-electron chi connectivity index (χ1n) is 10.5. The lowest BCUT2D eigenvalue weighted by atomic mass is 10.1. The van der Waals surface area contributed by atoms with Gasteiger partial charge in [-0.3, -0.25) is 9.59 Å². The van der Waals surface area contributed by atoms with Gasteiger partial charge in [0.15, 0.2) is 11.5 Å². The Morgan fingerprint density at radius 1 is 1.13 bits per heavy atom. The number of methoxy groups -OCH3 is 1. The summed E-state index contributed by atoms with van der Waals surface area (Å²) in [5.74, 6) is 1.28. The van der Waals surface area contributed by atoms with Gasteiger partial charge in [0.2, 0.25) is 11.7 Å². The fourth-order valence-corrected chi connectivity index (χ4v) is 3.26. The monoisotopic (exact) mass is 427 g/mol. The van der Waals surface area contributed by atoms with Crippen LogP contribution in [0.1, 0.15) is 41.6 Å². The predicted molar refractivity (Wildman–Crippen MR) is 116 cm³/mol. The van der Waals surface area contributed by atoms with Gasteiger partial charge in [-0.05, 0) is 37.1 Å². The Labute approximate surface area is 182 Å². The van der Waals surface area contributed by atoms with Crippen molar-refractivity contribution in [2.45, 2.75) is 26.7 Å². The van der Waals surface area contributed by atoms with Gasteiger partial charge in [0.1, 0.15) is 0 Å². The third-order valence-corrected chi connectivity index (χ3v) is 5.08. The quantitative estimate of drug-likeness (QED) is 0.475. The molecule has 2 aromatic rings. The van der Waals surface area contributed by atoms with Crippen molar-refractivity contribution in [3.8, 4) is 11.5 Å². The molecule has 1 fully saturated rings. The minimum absolute atomic E-state index is 0.0927. The fourth-order valence-electron chi connectivity index (χ4n) is 3.26. The van der Waals surface area contributed by atoms with Crippen LogP contribution in [-0.2, 0) is 4.79 Å². The average molecular weight is 428 g/mol. The number of rotatable bonds is 8. The van der Waals surface area contributed by atoms with Crippen LogP contribution in [0.15, 0.2) is 34.9 Å². The standard InChI is InChI=1S/C23H29N3O5/c1-4-5-14-30-19-8-6-18(16-20(19)29-3)7-9-22(27)25-10-12-26(13-11-25)23(28)21-15-17(2)24-31-21/h6-9,15-16H,4-5,10-14H2,1-3H3/b9-7+. The number of hydrogen-bond donors (Lipinski definition) is 0. The molecular formula is C23H29N3O5. The minimum Gasteiger partial charge on any atom is -0.493 e. The lowest BCUT2D eigenvalue weighted by Gasteiger charge is -2.33. The first kappa shape index (κ1) is 22.4. The molecule has 3 rings (SSSR count). The molecule has 1 aliphatic heterocycles. The van der Waals surface area contributed by atoms with Gasteiger partial charge in [-0.1, -0.05) is 24.6 Å². The van der Waals surface area contributed by atoms with Crippen LogP contribution in [0.25, 0.3) is 6.08 Å². The molecular weight excluding hydrogens is 398 g/mol. The molecule has 0 radical (unpaired) electrons. The highest BCUT2D eigenvalue weighted by Crippen LogP contribution is 2.28. The predicted octanol–water partition coefficient (Wildman–Crippen LogP) is 3.17. The Morgan fingerprint density at radius 2 is 1.87 bits per heavy atom. The summed E-state index contributed by atoms with van der Waals surface area (Å²) >= 11 is 0. The van der Waals surface area contributed by atoms with E-state index in [1.54, 1.807) is 42.1 Å². The Kier molecular flexibility index (Phi) is 7.70. The highest BCUT2D eigenvalue weighted by Gasteiger charge is 2.26. The minimum atomic E-state index is -0.198. The van der Waals surface area contributed by atoms with Crippen molar-refractivity contribution in [1.29, 1.82) is 0 Å². The third kappa shape index (κ3) is 5.87. The lowest BCUT2D eigenvalue weighted by molar-refractivity contribution is -0.127. The first-order chi connectivity index (χ1) is 15.0. The maximum absolute atomic E-state index is 12.6. The molecule has 2 amide bonds. The van der Waals surface area contributed by atoms with Gasteiger partial charge in [0.05, 0.1) is 19.4 Å². The number of carbonyl (C=O) groups excluding carboxylic acids is 2. The van der Waals surface area contributed by atoms with Crippen molar-refractivity contribution in [2.24, 2.45) is 0 Å². The van der Waals surface area contributed by atoms with Crippen molar-refractivity contribution in [3.05, 3.63) is 47.4 Å². The van der Waals surface area contributed by atoms with E-state index in [1.165, 1.54) is 0 Å². The smallest absolute Gasteiger partial charge is 0.292 e. The Morgan fingerprint density at radius 3 is 2.52 bits per heavy atom. The first-order valence-corrected chi connectivity index (χ1v) is 10.5. The number of ether oxygens (including phenoxy) is 2. The van der Waals surface area contributed by atoms with Crippen LogP contribution in [0.5, 0.6) is 11.5 Å². The van der Waals surface area contributed by atoms with Gasteiger partial charge < -0.3 is 23.8 Å². The molecule has 0 aliphatic carbocycles. The second-order valence-electron chi connectivity index (χ2n) is 7.40. The molecule has 1 aromatic heterocycles. The molecule has 1 saturated heterocycles. The maximum atomic E-state index is 12.6. The zero-order valence-corrected chi connectivity index (χ0v) is 18.3. The van der Waals surface area contributed by atoms with E-state index in [9.17, 15) is 9.59 Å². The SMILES string of the molecule is CCCCOc1ccc(/C=C/C(=O)N2CCN(C(=O)c3cc(C)no3)CC2)cc1OC. The average Bonchev–Trinajstić information content (AvgIpc) is 3.24. The molecule has 1 aliphatic rings. The summed E-state index contributed by atoms with van der Waals surface area (Å²) in [7, 11) is 1.60. The number of aryl methyl sites for hydroxylation is 1. The van der Waals surface area contributed by atoms with E-state index in [2.05, 4.69) is 12.1 Å². The number of hydrogen-bond acceptors (Lipinski definition) is 6. The van der Waals surface area contributed by atoms with Gasteiger partial charge in [-0.25, -0.2) is 0 Å². The molecule has 0 bridgehead atoms. The normalized spacial score (nSPS) is 14.2. The second kappa shape index (κ2) is 10.7. The molecule has 31 heavy (non-hydrogen) atoms. The van der Waals surface area contributed by atoms with E-state index in [1.807, 2.05) is 18.2 Å². The van der Waals surface area contributed by atoms with E-state index in [0.29, 0.717) is 50.0 Å². The Hall–Kier alpha value is -3.29. The van der Waals surface area contributed by atoms with Crippen molar-refractivity contribution in [2.75, 3.05) is 39.9 Å². The molecule has 0 saturated carbocycles. The van der Waals surface area contributed by atoms with Crippen molar-refractivity contribution >= 4 is 17.9 Å². The summed E-state index contributed by atoms with van der Waals surface area (Å²) in [5, 5.41) is 3.75. The van der Waals surface area contributed by atoms with E-state index < -0.39 is 0 Å². The largest absolute Gasteiger partial charge is 0.493 e. The van der Waals surface area contributed by atoms with Crippen LogP contribution in [-0.4, -0.2) is 66.7 Å². The Bertz CT molecular complexity index is 929. The number of benzene rings is 1. The molecule has 166 valence electrons. The lowest BCUT2D eigenvalue weighted by Crippen LogP contribution is -2.50. The molecule has 0 spiro atoms. The van der Waals surface area contributed by atoms with Crippen LogP contribution in [0.4, 0.5) is 0 Å². The van der Waals surface area contributed by atoms with Crippen molar-refractivity contribution in [1.82, 2.24) is 15.0 Å². The van der Waals surface area contributed by atoms with Gasteiger partial charge in [0, 0.05) is 38.3 Å². The summed E-state index contributed by atoms with van der Waals surface area (Å²) in [6.07, 6.45) is 5.35. The van der Waals surface area contributed by atoms with Crippen LogP contribution in [0.3, 0.4) is 0 Å². The fraction of sp³-hybridized carbons (Fsp3) is 0.435. The number of amides is 2. The van der Waals surface area contributed by atoms with E-state index in [4.69, 9.17) is 14.0 Å². The van der Waals surface area contributed by atoms with Crippen LogP contribution in [0, 0.1) is 6.92 Å². The summed E-state index contributed by atoms with van der Waals surface area (Å²) < 4.78 is 16.2.